The summed E-state index contributed by atoms with van der Waals surface area (Å²) in [4.78, 5) is 0. The van der Waals surface area contributed by atoms with Gasteiger partial charge in [-0.25, -0.2) is 0 Å². The summed E-state index contributed by atoms with van der Waals surface area (Å²) in [7, 11) is 1.50. The van der Waals surface area contributed by atoms with Crippen molar-refractivity contribution in [2.24, 2.45) is 0 Å². The minimum Gasteiger partial charge on any atom is -0.496 e. The number of hydrogen-bond donors (Lipinski definition) is 2. The van der Waals surface area contributed by atoms with Crippen LogP contribution in [0, 0.1) is 0 Å². The maximum atomic E-state index is 12.1. The molecule has 0 aliphatic heterocycles. The van der Waals surface area contributed by atoms with Crippen molar-refractivity contribution in [3.8, 4) is 5.75 Å². The first kappa shape index (κ1) is 14.8. The third-order valence-electron chi connectivity index (χ3n) is 2.60. The highest BCUT2D eigenvalue weighted by Gasteiger charge is 2.38. The van der Waals surface area contributed by atoms with Crippen LogP contribution in [0.2, 0.25) is 0 Å². The molecule has 3 nitrogen and oxygen atoms in total. The van der Waals surface area contributed by atoms with Gasteiger partial charge in [-0.05, 0) is 13.0 Å². The van der Waals surface area contributed by atoms with Crippen molar-refractivity contribution in [2.75, 3.05) is 13.7 Å². The van der Waals surface area contributed by atoms with E-state index in [-0.39, 0.29) is 6.04 Å². The van der Waals surface area contributed by atoms with E-state index in [4.69, 9.17) is 9.84 Å². The third kappa shape index (κ3) is 3.89. The van der Waals surface area contributed by atoms with E-state index < -0.39 is 18.8 Å². The topological polar surface area (TPSA) is 41.5 Å². The maximum Gasteiger partial charge on any atom is 0.415 e. The van der Waals surface area contributed by atoms with Gasteiger partial charge in [0, 0.05) is 18.2 Å². The first-order valence-corrected chi connectivity index (χ1v) is 5.47. The molecule has 1 aromatic carbocycles. The number of aliphatic hydroxyl groups excluding tert-OH is 1. The quantitative estimate of drug-likeness (QED) is 0.856. The number of aliphatic hydroxyl groups is 1. The molecule has 6 heteroatoms. The third-order valence-corrected chi connectivity index (χ3v) is 2.60. The van der Waals surface area contributed by atoms with Gasteiger partial charge in [0.25, 0.3) is 0 Å². The zero-order valence-corrected chi connectivity index (χ0v) is 10.2. The highest BCUT2D eigenvalue weighted by Crippen LogP contribution is 2.25. The Hall–Kier alpha value is -1.27. The Morgan fingerprint density at radius 1 is 1.33 bits per heavy atom. The van der Waals surface area contributed by atoms with Crippen molar-refractivity contribution < 1.29 is 23.0 Å². The number of hydrogen-bond acceptors (Lipinski definition) is 3. The number of nitrogens with one attached hydrogen (secondary N) is 1. The molecule has 0 fully saturated rings. The summed E-state index contributed by atoms with van der Waals surface area (Å²) in [6, 6.07) is 6.69. The number of ether oxygens (including phenoxy) is 1. The van der Waals surface area contributed by atoms with Crippen molar-refractivity contribution in [1.29, 1.82) is 0 Å². The van der Waals surface area contributed by atoms with E-state index in [1.807, 2.05) is 0 Å². The lowest BCUT2D eigenvalue weighted by molar-refractivity contribution is -0.202. The molecule has 0 aromatic heterocycles. The Bertz CT molecular complexity index is 382. The summed E-state index contributed by atoms with van der Waals surface area (Å²) in [5, 5.41) is 11.5. The average molecular weight is 263 g/mol. The second-order valence-electron chi connectivity index (χ2n) is 3.93. The lowest BCUT2D eigenvalue weighted by Crippen LogP contribution is -2.39. The van der Waals surface area contributed by atoms with Crippen LogP contribution in [0.1, 0.15) is 18.5 Å². The molecule has 0 bridgehead atoms. The second-order valence-corrected chi connectivity index (χ2v) is 3.93. The smallest absolute Gasteiger partial charge is 0.415 e. The van der Waals surface area contributed by atoms with Crippen LogP contribution in [0.4, 0.5) is 13.2 Å². The van der Waals surface area contributed by atoms with E-state index in [0.717, 1.165) is 5.56 Å². The molecular weight excluding hydrogens is 247 g/mol. The number of rotatable bonds is 5. The Morgan fingerprint density at radius 3 is 2.50 bits per heavy atom. The molecule has 0 saturated carbocycles. The molecule has 0 radical (unpaired) electrons. The van der Waals surface area contributed by atoms with Crippen molar-refractivity contribution in [3.63, 3.8) is 0 Å². The molecule has 0 saturated heterocycles. The summed E-state index contributed by atoms with van der Waals surface area (Å²) in [6.45, 7) is 1.16. The van der Waals surface area contributed by atoms with E-state index in [0.29, 0.717) is 5.75 Å². The fraction of sp³-hybridized carbons (Fsp3) is 0.500. The Morgan fingerprint density at radius 2 is 1.94 bits per heavy atom. The van der Waals surface area contributed by atoms with E-state index in [1.165, 1.54) is 7.11 Å². The number of methoxy groups -OCH3 is 1. The summed E-state index contributed by atoms with van der Waals surface area (Å²) in [5.74, 6) is 0.596. The van der Waals surface area contributed by atoms with Crippen molar-refractivity contribution in [1.82, 2.24) is 5.32 Å². The van der Waals surface area contributed by atoms with Gasteiger partial charge in [-0.15, -0.1) is 0 Å². The van der Waals surface area contributed by atoms with Crippen LogP contribution in [0.3, 0.4) is 0 Å². The molecule has 0 heterocycles. The Labute approximate surface area is 104 Å². The van der Waals surface area contributed by atoms with Gasteiger partial charge in [0.15, 0.2) is 6.10 Å². The predicted octanol–water partition coefficient (Wildman–Crippen LogP) is 2.27. The molecule has 1 aromatic rings. The summed E-state index contributed by atoms with van der Waals surface area (Å²) < 4.78 is 41.5. The van der Waals surface area contributed by atoms with E-state index >= 15 is 0 Å². The average Bonchev–Trinajstić information content (AvgIpc) is 2.34. The van der Waals surface area contributed by atoms with Gasteiger partial charge in [0.05, 0.1) is 7.11 Å². The standard InChI is InChI=1S/C12H16F3NO2/c1-8(16-7-11(17)12(13,14)15)9-5-3-4-6-10(9)18-2/h3-6,8,11,16-17H,7H2,1-2H3/t8-,11?/m0/s1. The highest BCUT2D eigenvalue weighted by molar-refractivity contribution is 5.35. The molecular formula is C12H16F3NO2. The van der Waals surface area contributed by atoms with Gasteiger partial charge in [0.2, 0.25) is 0 Å². The van der Waals surface area contributed by atoms with Gasteiger partial charge in [0.1, 0.15) is 5.75 Å². The van der Waals surface area contributed by atoms with Gasteiger partial charge in [-0.2, -0.15) is 13.2 Å². The molecule has 1 unspecified atom stereocenters. The lowest BCUT2D eigenvalue weighted by atomic mass is 10.1. The molecule has 1 rings (SSSR count). The second kappa shape index (κ2) is 6.06. The number of benzene rings is 1. The first-order valence-electron chi connectivity index (χ1n) is 5.47. The summed E-state index contributed by atoms with van der Waals surface area (Å²) >= 11 is 0. The van der Waals surface area contributed by atoms with Crippen LogP contribution in [0.15, 0.2) is 24.3 Å². The number of para-hydroxylation sites is 1. The van der Waals surface area contributed by atoms with Crippen LogP contribution < -0.4 is 10.1 Å². The van der Waals surface area contributed by atoms with Crippen LogP contribution in [-0.4, -0.2) is 31.0 Å². The van der Waals surface area contributed by atoms with Crippen LogP contribution in [-0.2, 0) is 0 Å². The zero-order chi connectivity index (χ0) is 13.8. The molecule has 2 atom stereocenters. The molecule has 18 heavy (non-hydrogen) atoms. The number of alkyl halides is 3. The highest BCUT2D eigenvalue weighted by atomic mass is 19.4. The molecule has 0 amide bonds. The van der Waals surface area contributed by atoms with Crippen LogP contribution in [0.5, 0.6) is 5.75 Å². The fourth-order valence-corrected chi connectivity index (χ4v) is 1.54. The molecule has 0 aliphatic rings. The first-order chi connectivity index (χ1) is 8.36. The van der Waals surface area contributed by atoms with E-state index in [1.54, 1.807) is 31.2 Å². The predicted molar refractivity (Wildman–Crippen MR) is 61.5 cm³/mol. The fourth-order valence-electron chi connectivity index (χ4n) is 1.54. The largest absolute Gasteiger partial charge is 0.496 e. The molecule has 0 spiro atoms. The van der Waals surface area contributed by atoms with Crippen LogP contribution >= 0.6 is 0 Å². The van der Waals surface area contributed by atoms with Crippen LogP contribution in [0.25, 0.3) is 0 Å². The zero-order valence-electron chi connectivity index (χ0n) is 10.2. The Kier molecular flexibility index (Phi) is 4.98. The SMILES string of the molecule is COc1ccccc1[C@H](C)NCC(O)C(F)(F)F. The molecule has 0 aliphatic carbocycles. The number of halogens is 3. The monoisotopic (exact) mass is 263 g/mol. The molecule has 2 N–H and O–H groups in total. The lowest BCUT2D eigenvalue weighted by Gasteiger charge is -2.20. The maximum absolute atomic E-state index is 12.1. The molecule has 102 valence electrons. The summed E-state index contributed by atoms with van der Waals surface area (Å²) in [6.07, 6.45) is -6.97. The minimum atomic E-state index is -4.60. The summed E-state index contributed by atoms with van der Waals surface area (Å²) in [5.41, 5.74) is 0.745. The van der Waals surface area contributed by atoms with Gasteiger partial charge < -0.3 is 15.2 Å². The van der Waals surface area contributed by atoms with Gasteiger partial charge in [-0.1, -0.05) is 18.2 Å². The Balaban J connectivity index is 2.63. The van der Waals surface area contributed by atoms with Gasteiger partial charge in [-0.3, -0.25) is 0 Å². The van der Waals surface area contributed by atoms with Crippen molar-refractivity contribution in [3.05, 3.63) is 29.8 Å². The van der Waals surface area contributed by atoms with Crippen molar-refractivity contribution >= 4 is 0 Å². The minimum absolute atomic E-state index is 0.349. The van der Waals surface area contributed by atoms with E-state index in [2.05, 4.69) is 5.32 Å². The normalized spacial score (nSPS) is 15.2. The van der Waals surface area contributed by atoms with E-state index in [9.17, 15) is 13.2 Å². The van der Waals surface area contributed by atoms with Gasteiger partial charge >= 0.3 is 6.18 Å². The van der Waals surface area contributed by atoms with Crippen molar-refractivity contribution in [2.45, 2.75) is 25.2 Å².